The van der Waals surface area contributed by atoms with Gasteiger partial charge < -0.3 is 9.84 Å². The Bertz CT molecular complexity index is 952. The van der Waals surface area contributed by atoms with Crippen LogP contribution in [0.5, 0.6) is 0 Å². The molecule has 3 N–H and O–H groups in total. The lowest BCUT2D eigenvalue weighted by atomic mass is 10.1. The number of aromatic nitrogens is 1. The maximum absolute atomic E-state index is 12.3. The molecule has 9 nitrogen and oxygen atoms in total. The van der Waals surface area contributed by atoms with E-state index in [0.717, 1.165) is 5.56 Å². The molecule has 2 heterocycles. The Morgan fingerprint density at radius 3 is 2.67 bits per heavy atom. The molecule has 2 aromatic rings. The summed E-state index contributed by atoms with van der Waals surface area (Å²) < 4.78 is 27.4. The largest absolute Gasteiger partial charge is 0.360 e. The molecule has 1 unspecified atom stereocenters. The Morgan fingerprint density at radius 1 is 1.37 bits per heavy atom. The van der Waals surface area contributed by atoms with Crippen molar-refractivity contribution in [2.24, 2.45) is 11.1 Å². The predicted octanol–water partition coefficient (Wildman–Crippen LogP) is 0.342. The van der Waals surface area contributed by atoms with Gasteiger partial charge in [-0.15, -0.1) is 0 Å². The minimum absolute atomic E-state index is 0.0444. The van der Waals surface area contributed by atoms with Crippen molar-refractivity contribution in [2.75, 3.05) is 18.0 Å². The summed E-state index contributed by atoms with van der Waals surface area (Å²) in [7, 11) is -3.71. The van der Waals surface area contributed by atoms with Crippen molar-refractivity contribution in [1.29, 1.82) is 0 Å². The number of benzene rings is 1. The van der Waals surface area contributed by atoms with E-state index >= 15 is 0 Å². The monoisotopic (exact) mass is 392 g/mol. The van der Waals surface area contributed by atoms with E-state index in [4.69, 9.17) is 9.66 Å². The molecule has 1 atom stereocenters. The molecule has 1 aromatic carbocycles. The van der Waals surface area contributed by atoms with Gasteiger partial charge >= 0.3 is 0 Å². The van der Waals surface area contributed by atoms with E-state index in [1.165, 1.54) is 17.0 Å². The van der Waals surface area contributed by atoms with Crippen molar-refractivity contribution in [1.82, 2.24) is 10.5 Å². The third kappa shape index (κ3) is 4.52. The van der Waals surface area contributed by atoms with Crippen molar-refractivity contribution < 1.29 is 22.5 Å². The Labute approximate surface area is 156 Å². The molecule has 1 aromatic heterocycles. The number of carbonyl (C=O) groups is 2. The van der Waals surface area contributed by atoms with Crippen LogP contribution in [0.3, 0.4) is 0 Å². The third-order valence-electron chi connectivity index (χ3n) is 4.35. The van der Waals surface area contributed by atoms with Crippen molar-refractivity contribution in [3.05, 3.63) is 41.7 Å². The highest BCUT2D eigenvalue weighted by atomic mass is 32.2. The molecule has 144 valence electrons. The number of sulfonamides is 1. The molecule has 1 aliphatic rings. The number of primary sulfonamides is 1. The van der Waals surface area contributed by atoms with Gasteiger partial charge in [-0.3, -0.25) is 14.5 Å². The van der Waals surface area contributed by atoms with E-state index in [9.17, 15) is 18.0 Å². The summed E-state index contributed by atoms with van der Waals surface area (Å²) in [4.78, 5) is 25.9. The van der Waals surface area contributed by atoms with Crippen LogP contribution >= 0.6 is 0 Å². The van der Waals surface area contributed by atoms with E-state index in [2.05, 4.69) is 10.5 Å². The lowest BCUT2D eigenvalue weighted by molar-refractivity contribution is -0.126. The van der Waals surface area contributed by atoms with Crippen molar-refractivity contribution in [2.45, 2.75) is 24.7 Å². The van der Waals surface area contributed by atoms with Gasteiger partial charge in [-0.2, -0.15) is 0 Å². The Morgan fingerprint density at radius 2 is 2.07 bits per heavy atom. The average molecular weight is 392 g/mol. The SMILES string of the molecule is Cc1cc(N2CC(C(=O)NCCc3ccc(S(N)(=O)=O)cc3)CC2=O)no1. The topological polar surface area (TPSA) is 136 Å². The Balaban J connectivity index is 1.50. The molecule has 0 saturated carbocycles. The highest BCUT2D eigenvalue weighted by Gasteiger charge is 2.36. The number of aryl methyl sites for hydroxylation is 1. The van der Waals surface area contributed by atoms with E-state index in [-0.39, 0.29) is 29.7 Å². The van der Waals surface area contributed by atoms with Gasteiger partial charge in [-0.25, -0.2) is 13.6 Å². The second kappa shape index (κ2) is 7.49. The van der Waals surface area contributed by atoms with Gasteiger partial charge in [-0.1, -0.05) is 17.3 Å². The van der Waals surface area contributed by atoms with Crippen LogP contribution < -0.4 is 15.4 Å². The summed E-state index contributed by atoms with van der Waals surface area (Å²) in [5.41, 5.74) is 0.866. The van der Waals surface area contributed by atoms with Gasteiger partial charge in [0.1, 0.15) is 5.76 Å². The van der Waals surface area contributed by atoms with Gasteiger partial charge in [0.05, 0.1) is 10.8 Å². The number of nitrogens with zero attached hydrogens (tertiary/aromatic N) is 2. The van der Waals surface area contributed by atoms with E-state index < -0.39 is 15.9 Å². The smallest absolute Gasteiger partial charge is 0.238 e. The molecule has 0 spiro atoms. The van der Waals surface area contributed by atoms with Crippen LogP contribution in [0.1, 0.15) is 17.7 Å². The fraction of sp³-hybridized carbons (Fsp3) is 0.353. The van der Waals surface area contributed by atoms with Crippen LogP contribution in [0.15, 0.2) is 39.8 Å². The summed E-state index contributed by atoms with van der Waals surface area (Å²) in [5, 5.41) is 11.7. The molecule has 10 heteroatoms. The second-order valence-electron chi connectivity index (χ2n) is 6.43. The fourth-order valence-corrected chi connectivity index (χ4v) is 3.42. The molecule has 2 amide bonds. The van der Waals surface area contributed by atoms with Gasteiger partial charge in [0.2, 0.25) is 21.8 Å². The van der Waals surface area contributed by atoms with Crippen molar-refractivity contribution in [3.8, 4) is 0 Å². The first kappa shape index (κ1) is 19.1. The van der Waals surface area contributed by atoms with Gasteiger partial charge in [0.25, 0.3) is 0 Å². The van der Waals surface area contributed by atoms with Crippen molar-refractivity contribution in [3.63, 3.8) is 0 Å². The first-order chi connectivity index (χ1) is 12.7. The highest BCUT2D eigenvalue weighted by Crippen LogP contribution is 2.24. The molecule has 1 fully saturated rings. The maximum Gasteiger partial charge on any atom is 0.238 e. The summed E-state index contributed by atoms with van der Waals surface area (Å²) in [6.45, 7) is 2.37. The molecule has 0 bridgehead atoms. The number of hydrogen-bond donors (Lipinski definition) is 2. The number of rotatable bonds is 6. The quantitative estimate of drug-likeness (QED) is 0.728. The first-order valence-corrected chi connectivity index (χ1v) is 9.92. The summed E-state index contributed by atoms with van der Waals surface area (Å²) >= 11 is 0. The van der Waals surface area contributed by atoms with Gasteiger partial charge in [-0.05, 0) is 31.0 Å². The number of anilines is 1. The van der Waals surface area contributed by atoms with Crippen LogP contribution in [0, 0.1) is 12.8 Å². The zero-order valence-electron chi connectivity index (χ0n) is 14.7. The van der Waals surface area contributed by atoms with E-state index in [1.807, 2.05) is 0 Å². The van der Waals surface area contributed by atoms with Gasteiger partial charge in [0.15, 0.2) is 5.82 Å². The third-order valence-corrected chi connectivity index (χ3v) is 5.28. The van der Waals surface area contributed by atoms with Crippen LogP contribution in [-0.4, -0.2) is 38.5 Å². The zero-order chi connectivity index (χ0) is 19.6. The minimum atomic E-state index is -3.71. The lowest BCUT2D eigenvalue weighted by Gasteiger charge is -2.13. The maximum atomic E-state index is 12.3. The van der Waals surface area contributed by atoms with E-state index in [1.54, 1.807) is 25.1 Å². The minimum Gasteiger partial charge on any atom is -0.360 e. The zero-order valence-corrected chi connectivity index (χ0v) is 15.5. The van der Waals surface area contributed by atoms with Crippen LogP contribution in [0.4, 0.5) is 5.82 Å². The lowest BCUT2D eigenvalue weighted by Crippen LogP contribution is -2.34. The molecule has 27 heavy (non-hydrogen) atoms. The molecule has 0 radical (unpaired) electrons. The highest BCUT2D eigenvalue weighted by molar-refractivity contribution is 7.89. The average Bonchev–Trinajstić information content (AvgIpc) is 3.20. The number of nitrogens with two attached hydrogens (primary N) is 1. The molecule has 1 saturated heterocycles. The summed E-state index contributed by atoms with van der Waals surface area (Å²) in [5.74, 6) is 0.204. The molecule has 0 aliphatic carbocycles. The number of hydrogen-bond acceptors (Lipinski definition) is 6. The fourth-order valence-electron chi connectivity index (χ4n) is 2.91. The number of carbonyl (C=O) groups excluding carboxylic acids is 2. The Hall–Kier alpha value is -2.72. The number of amides is 2. The van der Waals surface area contributed by atoms with Crippen LogP contribution in [0.25, 0.3) is 0 Å². The summed E-state index contributed by atoms with van der Waals surface area (Å²) in [6, 6.07) is 7.82. The standard InChI is InChI=1S/C17H20N4O5S/c1-11-8-15(20-26-11)21-10-13(9-16(21)22)17(23)19-7-6-12-2-4-14(5-3-12)27(18,24)25/h2-5,8,13H,6-7,9-10H2,1H3,(H,19,23)(H2,18,24,25). The van der Waals surface area contributed by atoms with Gasteiger partial charge in [0, 0.05) is 25.6 Å². The van der Waals surface area contributed by atoms with Crippen LogP contribution in [0.2, 0.25) is 0 Å². The van der Waals surface area contributed by atoms with E-state index in [0.29, 0.717) is 24.5 Å². The Kier molecular flexibility index (Phi) is 5.29. The second-order valence-corrected chi connectivity index (χ2v) is 7.99. The molecule has 3 rings (SSSR count). The van der Waals surface area contributed by atoms with Crippen molar-refractivity contribution >= 4 is 27.7 Å². The normalized spacial score (nSPS) is 17.3. The number of nitrogens with one attached hydrogen (secondary N) is 1. The van der Waals surface area contributed by atoms with Crippen LogP contribution in [-0.2, 0) is 26.0 Å². The predicted molar refractivity (Wildman–Crippen MR) is 96.2 cm³/mol. The molecule has 1 aliphatic heterocycles. The summed E-state index contributed by atoms with van der Waals surface area (Å²) in [6.07, 6.45) is 0.657. The molecular weight excluding hydrogens is 372 g/mol. The first-order valence-electron chi connectivity index (χ1n) is 8.37. The molecular formula is C17H20N4O5S.